The Labute approximate surface area is 203 Å². The number of fused-ring (bicyclic) bond motifs is 1. The van der Waals surface area contributed by atoms with Crippen molar-refractivity contribution in [1.82, 2.24) is 29.8 Å². The topological polar surface area (TPSA) is 90.7 Å². The van der Waals surface area contributed by atoms with Gasteiger partial charge in [0.1, 0.15) is 5.82 Å². The average molecular weight is 477 g/mol. The van der Waals surface area contributed by atoms with Crippen molar-refractivity contribution < 1.29 is 9.18 Å². The molecule has 3 aromatic rings. The Morgan fingerprint density at radius 2 is 2.11 bits per heavy atom. The van der Waals surface area contributed by atoms with Gasteiger partial charge in [0.2, 0.25) is 17.8 Å². The molecule has 0 atom stereocenters. The van der Waals surface area contributed by atoms with E-state index in [1.165, 1.54) is 6.07 Å². The molecule has 1 aromatic carbocycles. The molecule has 2 saturated heterocycles. The lowest BCUT2D eigenvalue weighted by Crippen LogP contribution is -2.30. The molecule has 35 heavy (non-hydrogen) atoms. The normalized spacial score (nSPS) is 18.3. The number of hydrogen-bond donors (Lipinski definition) is 2. The van der Waals surface area contributed by atoms with Crippen LogP contribution in [0.2, 0.25) is 0 Å². The fourth-order valence-corrected chi connectivity index (χ4v) is 4.40. The van der Waals surface area contributed by atoms with Crippen molar-refractivity contribution in [1.29, 1.82) is 0 Å². The third-order valence-corrected chi connectivity index (χ3v) is 6.33. The molecule has 9 nitrogen and oxygen atoms in total. The summed E-state index contributed by atoms with van der Waals surface area (Å²) in [6.45, 7) is 8.15. The Bertz CT molecular complexity index is 1300. The second kappa shape index (κ2) is 9.83. The third-order valence-electron chi connectivity index (χ3n) is 6.33. The van der Waals surface area contributed by atoms with Gasteiger partial charge in [0, 0.05) is 37.4 Å². The fraction of sp³-hybridized carbons (Fsp3) is 0.360. The number of nitrogens with one attached hydrogen (secondary N) is 2. The number of likely N-dealkylation sites (N-methyl/N-ethyl adjacent to an activating group) is 1. The zero-order valence-corrected chi connectivity index (χ0v) is 19.8. The lowest BCUT2D eigenvalue weighted by Gasteiger charge is -2.21. The number of hydrogen-bond acceptors (Lipinski definition) is 7. The summed E-state index contributed by atoms with van der Waals surface area (Å²) in [6.07, 6.45) is 5.58. The molecule has 2 fully saturated rings. The Kier molecular flexibility index (Phi) is 6.45. The molecule has 2 aliphatic heterocycles. The summed E-state index contributed by atoms with van der Waals surface area (Å²) in [5.41, 5.74) is 3.78. The van der Waals surface area contributed by atoms with E-state index in [9.17, 15) is 9.18 Å². The molecule has 10 heteroatoms. The zero-order valence-electron chi connectivity index (χ0n) is 19.8. The SMILES string of the molecule is C=C1NC(=O)C/C1=C\c1cnn2c(NCCc3cccc(F)c3)nc(N3CCCN(C)CC3)nc12. The van der Waals surface area contributed by atoms with E-state index >= 15 is 0 Å². The zero-order chi connectivity index (χ0) is 24.4. The van der Waals surface area contributed by atoms with Crippen LogP contribution in [0, 0.1) is 5.82 Å². The van der Waals surface area contributed by atoms with Crippen molar-refractivity contribution in [3.8, 4) is 0 Å². The van der Waals surface area contributed by atoms with Crippen LogP contribution in [0.15, 0.2) is 48.3 Å². The van der Waals surface area contributed by atoms with Crippen molar-refractivity contribution in [3.63, 3.8) is 0 Å². The van der Waals surface area contributed by atoms with E-state index in [1.807, 2.05) is 12.1 Å². The van der Waals surface area contributed by atoms with Crippen LogP contribution in [0.5, 0.6) is 0 Å². The molecule has 182 valence electrons. The first-order valence-corrected chi connectivity index (χ1v) is 11.8. The first-order chi connectivity index (χ1) is 17.0. The first kappa shape index (κ1) is 23.0. The lowest BCUT2D eigenvalue weighted by molar-refractivity contribution is -0.118. The van der Waals surface area contributed by atoms with Gasteiger partial charge in [0.05, 0.1) is 12.6 Å². The Hall–Kier alpha value is -3.79. The predicted octanol–water partition coefficient (Wildman–Crippen LogP) is 2.48. The summed E-state index contributed by atoms with van der Waals surface area (Å²) in [4.78, 5) is 26.0. The highest BCUT2D eigenvalue weighted by Gasteiger charge is 2.22. The van der Waals surface area contributed by atoms with Crippen molar-refractivity contribution in [3.05, 3.63) is 65.3 Å². The number of halogens is 1. The molecule has 4 heterocycles. The van der Waals surface area contributed by atoms with Gasteiger partial charge < -0.3 is 20.4 Å². The van der Waals surface area contributed by atoms with Crippen LogP contribution in [0.4, 0.5) is 16.3 Å². The van der Waals surface area contributed by atoms with Crippen LogP contribution in [-0.4, -0.2) is 70.2 Å². The van der Waals surface area contributed by atoms with E-state index in [0.717, 1.165) is 49.3 Å². The number of carbonyl (C=O) groups excluding carboxylic acids is 1. The van der Waals surface area contributed by atoms with E-state index in [2.05, 4.69) is 39.2 Å². The molecule has 2 aromatic heterocycles. The molecule has 2 aliphatic rings. The van der Waals surface area contributed by atoms with Crippen molar-refractivity contribution in [2.75, 3.05) is 50.0 Å². The van der Waals surface area contributed by atoms with Gasteiger partial charge in [-0.2, -0.15) is 19.6 Å². The van der Waals surface area contributed by atoms with Crippen molar-refractivity contribution in [2.24, 2.45) is 0 Å². The van der Waals surface area contributed by atoms with Gasteiger partial charge in [-0.3, -0.25) is 4.79 Å². The van der Waals surface area contributed by atoms with Gasteiger partial charge in [0.15, 0.2) is 5.65 Å². The van der Waals surface area contributed by atoms with Crippen LogP contribution in [0.3, 0.4) is 0 Å². The molecular formula is C25H29FN8O. The minimum absolute atomic E-state index is 0.0681. The van der Waals surface area contributed by atoms with Gasteiger partial charge in [-0.05, 0) is 55.8 Å². The van der Waals surface area contributed by atoms with Crippen molar-refractivity contribution in [2.45, 2.75) is 19.3 Å². The number of benzene rings is 1. The Balaban J connectivity index is 1.48. The standard InChI is InChI=1S/C25H29FN8O/c1-17-19(15-22(35)29-17)14-20-16-28-34-23(20)30-25(33-10-4-9-32(2)11-12-33)31-24(34)27-8-7-18-5-3-6-21(26)13-18/h3,5-6,13-14,16H,1,4,7-12,15H2,2H3,(H,29,35)(H,27,30,31)/b19-14+. The molecule has 0 bridgehead atoms. The Morgan fingerprint density at radius 1 is 1.23 bits per heavy atom. The molecule has 1 amide bonds. The highest BCUT2D eigenvalue weighted by Crippen LogP contribution is 2.25. The van der Waals surface area contributed by atoms with E-state index in [0.29, 0.717) is 36.2 Å². The van der Waals surface area contributed by atoms with Gasteiger partial charge in [-0.15, -0.1) is 0 Å². The van der Waals surface area contributed by atoms with Crippen LogP contribution < -0.4 is 15.5 Å². The van der Waals surface area contributed by atoms with Crippen LogP contribution >= 0.6 is 0 Å². The quantitative estimate of drug-likeness (QED) is 0.565. The minimum atomic E-state index is -0.244. The largest absolute Gasteiger partial charge is 0.354 e. The first-order valence-electron chi connectivity index (χ1n) is 11.8. The maximum Gasteiger partial charge on any atom is 0.230 e. The van der Waals surface area contributed by atoms with E-state index < -0.39 is 0 Å². The van der Waals surface area contributed by atoms with Crippen LogP contribution in [0.25, 0.3) is 11.7 Å². The smallest absolute Gasteiger partial charge is 0.230 e. The summed E-state index contributed by atoms with van der Waals surface area (Å²) < 4.78 is 15.2. The summed E-state index contributed by atoms with van der Waals surface area (Å²) in [6, 6.07) is 6.60. The molecule has 0 unspecified atom stereocenters. The van der Waals surface area contributed by atoms with Crippen LogP contribution in [0.1, 0.15) is 24.0 Å². The number of carbonyl (C=O) groups is 1. The van der Waals surface area contributed by atoms with Crippen molar-refractivity contribution >= 4 is 29.5 Å². The fourth-order valence-electron chi connectivity index (χ4n) is 4.40. The van der Waals surface area contributed by atoms with Gasteiger partial charge in [-0.25, -0.2) is 4.39 Å². The molecule has 2 N–H and O–H groups in total. The van der Waals surface area contributed by atoms with Gasteiger partial charge in [-0.1, -0.05) is 18.7 Å². The summed E-state index contributed by atoms with van der Waals surface area (Å²) >= 11 is 0. The second-order valence-corrected chi connectivity index (χ2v) is 9.01. The summed E-state index contributed by atoms with van der Waals surface area (Å²) in [7, 11) is 2.12. The molecule has 0 radical (unpaired) electrons. The summed E-state index contributed by atoms with van der Waals surface area (Å²) in [5, 5.41) is 10.6. The highest BCUT2D eigenvalue weighted by molar-refractivity contribution is 5.89. The Morgan fingerprint density at radius 3 is 2.91 bits per heavy atom. The predicted molar refractivity (Wildman–Crippen MR) is 134 cm³/mol. The van der Waals surface area contributed by atoms with E-state index in [1.54, 1.807) is 22.8 Å². The summed E-state index contributed by atoms with van der Waals surface area (Å²) in [5.74, 6) is 0.900. The second-order valence-electron chi connectivity index (χ2n) is 9.01. The minimum Gasteiger partial charge on any atom is -0.354 e. The van der Waals surface area contributed by atoms with E-state index in [-0.39, 0.29) is 18.1 Å². The number of nitrogens with zero attached hydrogens (tertiary/aromatic N) is 6. The number of amides is 1. The monoisotopic (exact) mass is 476 g/mol. The van der Waals surface area contributed by atoms with E-state index in [4.69, 9.17) is 9.97 Å². The molecule has 5 rings (SSSR count). The maximum atomic E-state index is 13.6. The maximum absolute atomic E-state index is 13.6. The molecule has 0 saturated carbocycles. The molecule has 0 aliphatic carbocycles. The number of aromatic nitrogens is 4. The number of anilines is 2. The van der Waals surface area contributed by atoms with Gasteiger partial charge in [0.25, 0.3) is 0 Å². The number of rotatable bonds is 6. The molecule has 0 spiro atoms. The number of allylic oxidation sites excluding steroid dienone is 1. The lowest BCUT2D eigenvalue weighted by atomic mass is 10.1. The average Bonchev–Trinajstić information content (AvgIpc) is 3.29. The highest BCUT2D eigenvalue weighted by atomic mass is 19.1. The molecular weight excluding hydrogens is 447 g/mol. The third kappa shape index (κ3) is 5.17. The van der Waals surface area contributed by atoms with Gasteiger partial charge >= 0.3 is 0 Å². The van der Waals surface area contributed by atoms with Crippen LogP contribution in [-0.2, 0) is 11.2 Å².